The topological polar surface area (TPSA) is 121 Å². The monoisotopic (exact) mass is 219 g/mol. The van der Waals surface area contributed by atoms with Gasteiger partial charge in [-0.15, -0.1) is 0 Å². The molecular weight excluding hydrogens is 210 g/mol. The average molecular weight is 219 g/mol. The maximum absolute atomic E-state index is 9.23. The number of nitrogens with one attached hydrogen (secondary N) is 2. The number of aromatic nitrogens is 2. The molecule has 0 aliphatic carbocycles. The number of hydrogen-bond acceptors (Lipinski definition) is 6. The van der Waals surface area contributed by atoms with Gasteiger partial charge in [0.05, 0.1) is 0 Å². The van der Waals surface area contributed by atoms with Crippen LogP contribution in [0.5, 0.6) is 5.75 Å². The van der Waals surface area contributed by atoms with Crippen LogP contribution in [0.4, 0.5) is 11.5 Å². The Kier molecular flexibility index (Phi) is 2.42. The molecule has 7 heteroatoms. The molecule has 0 spiro atoms. The highest BCUT2D eigenvalue weighted by molar-refractivity contribution is 6.07. The highest BCUT2D eigenvalue weighted by Crippen LogP contribution is 2.16. The van der Waals surface area contributed by atoms with Crippen LogP contribution in [0, 0.1) is 5.41 Å². The first-order chi connectivity index (χ1) is 7.66. The standard InChI is InChI=1S/C9H9N5O2/c10-8(7-9(11)14-16-13-7)12-5-2-1-3-6(15)4-5/h1-4,15H,(H2,10,12)(H2,11,14). The third-order valence-electron chi connectivity index (χ3n) is 1.87. The fraction of sp³-hybridized carbons (Fsp3) is 0. The Bertz CT molecular complexity index is 522. The minimum absolute atomic E-state index is 0.0395. The van der Waals surface area contributed by atoms with Gasteiger partial charge in [0.25, 0.3) is 0 Å². The fourth-order valence-corrected chi connectivity index (χ4v) is 1.16. The van der Waals surface area contributed by atoms with Crippen LogP contribution in [0.2, 0.25) is 0 Å². The number of rotatable bonds is 2. The van der Waals surface area contributed by atoms with Gasteiger partial charge in [-0.3, -0.25) is 5.41 Å². The third kappa shape index (κ3) is 1.92. The number of nitrogens with zero attached hydrogens (tertiary/aromatic N) is 2. The van der Waals surface area contributed by atoms with E-state index in [0.717, 1.165) is 0 Å². The van der Waals surface area contributed by atoms with Crippen molar-refractivity contribution in [2.45, 2.75) is 0 Å². The lowest BCUT2D eigenvalue weighted by atomic mass is 10.3. The second kappa shape index (κ2) is 3.89. The van der Waals surface area contributed by atoms with Gasteiger partial charge < -0.3 is 16.2 Å². The van der Waals surface area contributed by atoms with Crippen LogP contribution in [0.3, 0.4) is 0 Å². The van der Waals surface area contributed by atoms with Crippen molar-refractivity contribution < 1.29 is 9.74 Å². The van der Waals surface area contributed by atoms with E-state index in [1.807, 2.05) is 0 Å². The van der Waals surface area contributed by atoms with E-state index in [2.05, 4.69) is 20.3 Å². The van der Waals surface area contributed by atoms with E-state index in [0.29, 0.717) is 5.69 Å². The highest BCUT2D eigenvalue weighted by atomic mass is 16.6. The molecule has 0 saturated carbocycles. The smallest absolute Gasteiger partial charge is 0.199 e. The molecule has 5 N–H and O–H groups in total. The van der Waals surface area contributed by atoms with E-state index in [-0.39, 0.29) is 23.1 Å². The Balaban J connectivity index is 2.17. The summed E-state index contributed by atoms with van der Waals surface area (Å²) in [6.07, 6.45) is 0. The van der Waals surface area contributed by atoms with Gasteiger partial charge in [-0.05, 0) is 22.4 Å². The summed E-state index contributed by atoms with van der Waals surface area (Å²) in [5.41, 5.74) is 6.10. The zero-order chi connectivity index (χ0) is 11.5. The van der Waals surface area contributed by atoms with Crippen molar-refractivity contribution in [1.82, 2.24) is 10.3 Å². The molecule has 0 unspecified atom stereocenters. The van der Waals surface area contributed by atoms with Gasteiger partial charge in [0.2, 0.25) is 0 Å². The number of phenolic OH excluding ortho intramolecular Hbond substituents is 1. The number of benzene rings is 1. The lowest BCUT2D eigenvalue weighted by Crippen LogP contribution is -2.14. The molecule has 16 heavy (non-hydrogen) atoms. The summed E-state index contributed by atoms with van der Waals surface area (Å²) in [4.78, 5) is 0. The number of anilines is 2. The Hall–Kier alpha value is -2.57. The molecule has 0 radical (unpaired) electrons. The van der Waals surface area contributed by atoms with Crippen molar-refractivity contribution in [3.63, 3.8) is 0 Å². The number of aromatic hydroxyl groups is 1. The van der Waals surface area contributed by atoms with Crippen molar-refractivity contribution >= 4 is 17.3 Å². The number of nitrogens with two attached hydrogens (primary N) is 1. The van der Waals surface area contributed by atoms with E-state index >= 15 is 0 Å². The number of phenols is 1. The van der Waals surface area contributed by atoms with Gasteiger partial charge in [0.15, 0.2) is 17.3 Å². The Morgan fingerprint density at radius 2 is 2.25 bits per heavy atom. The molecule has 0 aliphatic rings. The maximum Gasteiger partial charge on any atom is 0.199 e. The molecule has 2 rings (SSSR count). The quantitative estimate of drug-likeness (QED) is 0.437. The second-order valence-electron chi connectivity index (χ2n) is 3.05. The zero-order valence-electron chi connectivity index (χ0n) is 8.14. The van der Waals surface area contributed by atoms with Crippen molar-refractivity contribution in [2.24, 2.45) is 0 Å². The van der Waals surface area contributed by atoms with E-state index in [1.165, 1.54) is 12.1 Å². The first kappa shape index (κ1) is 9.97. The summed E-state index contributed by atoms with van der Waals surface area (Å²) in [5.74, 6) is 0.0889. The summed E-state index contributed by atoms with van der Waals surface area (Å²) >= 11 is 0. The lowest BCUT2D eigenvalue weighted by Gasteiger charge is -2.05. The highest BCUT2D eigenvalue weighted by Gasteiger charge is 2.12. The van der Waals surface area contributed by atoms with Crippen LogP contribution in [0.25, 0.3) is 0 Å². The summed E-state index contributed by atoms with van der Waals surface area (Å²) in [7, 11) is 0. The molecule has 1 aromatic carbocycles. The predicted molar refractivity (Wildman–Crippen MR) is 57.3 cm³/mol. The minimum atomic E-state index is -0.0515. The maximum atomic E-state index is 9.23. The van der Waals surface area contributed by atoms with Crippen molar-refractivity contribution in [3.8, 4) is 5.75 Å². The van der Waals surface area contributed by atoms with Crippen LogP contribution >= 0.6 is 0 Å². The molecule has 0 saturated heterocycles. The van der Waals surface area contributed by atoms with Crippen molar-refractivity contribution in [3.05, 3.63) is 30.0 Å². The first-order valence-electron chi connectivity index (χ1n) is 4.40. The second-order valence-corrected chi connectivity index (χ2v) is 3.05. The molecule has 0 aliphatic heterocycles. The first-order valence-corrected chi connectivity index (χ1v) is 4.40. The Morgan fingerprint density at radius 3 is 2.88 bits per heavy atom. The predicted octanol–water partition coefficient (Wildman–Crippen LogP) is 0.795. The zero-order valence-corrected chi connectivity index (χ0v) is 8.14. The third-order valence-corrected chi connectivity index (χ3v) is 1.87. The lowest BCUT2D eigenvalue weighted by molar-refractivity contribution is 0.308. The van der Waals surface area contributed by atoms with E-state index < -0.39 is 0 Å². The molecule has 0 bridgehead atoms. The Labute approximate surface area is 90.4 Å². The van der Waals surface area contributed by atoms with Gasteiger partial charge in [-0.25, -0.2) is 4.63 Å². The summed E-state index contributed by atoms with van der Waals surface area (Å²) < 4.78 is 4.37. The minimum Gasteiger partial charge on any atom is -0.508 e. The Morgan fingerprint density at radius 1 is 1.44 bits per heavy atom. The molecule has 1 aromatic heterocycles. The normalized spacial score (nSPS) is 10.0. The molecule has 1 heterocycles. The number of hydrogen-bond donors (Lipinski definition) is 4. The van der Waals surface area contributed by atoms with Crippen molar-refractivity contribution in [1.29, 1.82) is 5.41 Å². The van der Waals surface area contributed by atoms with Crippen LogP contribution in [-0.4, -0.2) is 21.3 Å². The van der Waals surface area contributed by atoms with Crippen LogP contribution in [0.15, 0.2) is 28.9 Å². The van der Waals surface area contributed by atoms with Gasteiger partial charge in [0.1, 0.15) is 5.75 Å². The molecule has 0 amide bonds. The number of amidine groups is 1. The van der Waals surface area contributed by atoms with Gasteiger partial charge in [0, 0.05) is 11.8 Å². The molecule has 0 atom stereocenters. The molecule has 0 fully saturated rings. The van der Waals surface area contributed by atoms with Crippen LogP contribution < -0.4 is 11.1 Å². The molecule has 82 valence electrons. The molecular formula is C9H9N5O2. The summed E-state index contributed by atoms with van der Waals surface area (Å²) in [6.45, 7) is 0. The van der Waals surface area contributed by atoms with Crippen LogP contribution in [0.1, 0.15) is 5.69 Å². The van der Waals surface area contributed by atoms with Gasteiger partial charge in [-0.2, -0.15) is 0 Å². The fourth-order valence-electron chi connectivity index (χ4n) is 1.16. The van der Waals surface area contributed by atoms with Gasteiger partial charge >= 0.3 is 0 Å². The SMILES string of the molecule is N=C(Nc1cccc(O)c1)c1nonc1N. The van der Waals surface area contributed by atoms with Gasteiger partial charge in [-0.1, -0.05) is 6.07 Å². The summed E-state index contributed by atoms with van der Waals surface area (Å²) in [5, 5.41) is 26.4. The summed E-state index contributed by atoms with van der Waals surface area (Å²) in [6, 6.07) is 6.34. The average Bonchev–Trinajstić information content (AvgIpc) is 2.64. The van der Waals surface area contributed by atoms with E-state index in [4.69, 9.17) is 11.1 Å². The van der Waals surface area contributed by atoms with E-state index in [9.17, 15) is 5.11 Å². The van der Waals surface area contributed by atoms with E-state index in [1.54, 1.807) is 12.1 Å². The molecule has 7 nitrogen and oxygen atoms in total. The van der Waals surface area contributed by atoms with Crippen LogP contribution in [-0.2, 0) is 0 Å². The number of nitrogen functional groups attached to an aromatic ring is 1. The largest absolute Gasteiger partial charge is 0.508 e. The van der Waals surface area contributed by atoms with Crippen molar-refractivity contribution in [2.75, 3.05) is 11.1 Å². The molecule has 2 aromatic rings.